The van der Waals surface area contributed by atoms with Gasteiger partial charge in [-0.2, -0.15) is 0 Å². The van der Waals surface area contributed by atoms with Gasteiger partial charge in [0.2, 0.25) is 0 Å². The highest BCUT2D eigenvalue weighted by Gasteiger charge is 1.92. The lowest BCUT2D eigenvalue weighted by Gasteiger charge is -1.98. The molecule has 5 nitrogen and oxygen atoms in total. The number of rotatable bonds is 3. The summed E-state index contributed by atoms with van der Waals surface area (Å²) < 4.78 is 0. The third-order valence-electron chi connectivity index (χ3n) is 0.586. The maximum Gasteiger partial charge on any atom is 0.316 e. The van der Waals surface area contributed by atoms with E-state index in [1.54, 1.807) is 0 Å². The second-order valence-corrected chi connectivity index (χ2v) is 1.21. The molecule has 0 aromatic heterocycles. The standard InChI is InChI=1S/C4H8N2O3/c7-2-1-5-4(9)6-3-8/h2,8H,1,3H2,(H2,5,6,9). The molecular weight excluding hydrogens is 124 g/mol. The number of carbonyl (C=O) groups excluding carboxylic acids is 2. The molecule has 0 spiro atoms. The van der Waals surface area contributed by atoms with Crippen molar-refractivity contribution in [3.8, 4) is 0 Å². The molecule has 0 aromatic rings. The van der Waals surface area contributed by atoms with Crippen molar-refractivity contribution in [1.29, 1.82) is 0 Å². The molecular formula is C4H8N2O3. The van der Waals surface area contributed by atoms with Crippen molar-refractivity contribution in [2.75, 3.05) is 13.3 Å². The van der Waals surface area contributed by atoms with Crippen LogP contribution in [0.15, 0.2) is 0 Å². The van der Waals surface area contributed by atoms with Crippen molar-refractivity contribution in [2.24, 2.45) is 0 Å². The number of hydrogen-bond acceptors (Lipinski definition) is 3. The van der Waals surface area contributed by atoms with Gasteiger partial charge in [0.05, 0.1) is 6.54 Å². The number of aliphatic hydroxyl groups is 1. The molecule has 0 aromatic carbocycles. The maximum absolute atomic E-state index is 10.3. The van der Waals surface area contributed by atoms with Gasteiger partial charge in [-0.1, -0.05) is 0 Å². The third-order valence-corrected chi connectivity index (χ3v) is 0.586. The van der Waals surface area contributed by atoms with Crippen molar-refractivity contribution in [3.05, 3.63) is 0 Å². The van der Waals surface area contributed by atoms with E-state index in [1.165, 1.54) is 0 Å². The molecule has 52 valence electrons. The van der Waals surface area contributed by atoms with Crippen LogP contribution >= 0.6 is 0 Å². The smallest absolute Gasteiger partial charge is 0.316 e. The lowest BCUT2D eigenvalue weighted by molar-refractivity contribution is -0.107. The summed E-state index contributed by atoms with van der Waals surface area (Å²) in [5.41, 5.74) is 0. The predicted octanol–water partition coefficient (Wildman–Crippen LogP) is -1.57. The van der Waals surface area contributed by atoms with E-state index in [2.05, 4.69) is 5.32 Å². The topological polar surface area (TPSA) is 78.4 Å². The summed E-state index contributed by atoms with van der Waals surface area (Å²) in [6, 6.07) is -0.551. The zero-order valence-corrected chi connectivity index (χ0v) is 4.76. The largest absolute Gasteiger partial charge is 0.376 e. The van der Waals surface area contributed by atoms with Crippen LogP contribution in [-0.2, 0) is 4.79 Å². The van der Waals surface area contributed by atoms with Crippen LogP contribution in [0.1, 0.15) is 0 Å². The van der Waals surface area contributed by atoms with Gasteiger partial charge in [0.1, 0.15) is 13.0 Å². The van der Waals surface area contributed by atoms with Gasteiger partial charge in [0.25, 0.3) is 0 Å². The molecule has 0 aliphatic carbocycles. The zero-order valence-electron chi connectivity index (χ0n) is 4.76. The molecule has 0 radical (unpaired) electrons. The Morgan fingerprint density at radius 3 is 2.67 bits per heavy atom. The zero-order chi connectivity index (χ0) is 7.11. The molecule has 0 aliphatic heterocycles. The fourth-order valence-electron chi connectivity index (χ4n) is 0.269. The van der Waals surface area contributed by atoms with Crippen LogP contribution in [0.4, 0.5) is 4.79 Å². The number of amides is 2. The Morgan fingerprint density at radius 1 is 1.56 bits per heavy atom. The SMILES string of the molecule is O=CCNC(=O)NCO. The molecule has 0 heterocycles. The van der Waals surface area contributed by atoms with Crippen molar-refractivity contribution in [2.45, 2.75) is 0 Å². The van der Waals surface area contributed by atoms with Crippen molar-refractivity contribution < 1.29 is 14.7 Å². The minimum Gasteiger partial charge on any atom is -0.376 e. The fourth-order valence-corrected chi connectivity index (χ4v) is 0.269. The van der Waals surface area contributed by atoms with Gasteiger partial charge in [-0.05, 0) is 0 Å². The molecule has 0 fully saturated rings. The monoisotopic (exact) mass is 132 g/mol. The third kappa shape index (κ3) is 4.76. The Bertz CT molecular complexity index is 104. The molecule has 0 saturated carbocycles. The molecule has 0 bridgehead atoms. The minimum absolute atomic E-state index is 0.0359. The van der Waals surface area contributed by atoms with Crippen LogP contribution in [0.2, 0.25) is 0 Å². The highest BCUT2D eigenvalue weighted by Crippen LogP contribution is 1.58. The van der Waals surface area contributed by atoms with Crippen LogP contribution in [0.25, 0.3) is 0 Å². The van der Waals surface area contributed by atoms with Gasteiger partial charge in [0.15, 0.2) is 0 Å². The van der Waals surface area contributed by atoms with E-state index in [4.69, 9.17) is 5.11 Å². The van der Waals surface area contributed by atoms with Gasteiger partial charge in [0, 0.05) is 0 Å². The molecule has 5 heteroatoms. The van der Waals surface area contributed by atoms with Gasteiger partial charge in [-0.3, -0.25) is 0 Å². The second kappa shape index (κ2) is 5.04. The van der Waals surface area contributed by atoms with Gasteiger partial charge in [-0.15, -0.1) is 0 Å². The molecule has 0 saturated heterocycles. The van der Waals surface area contributed by atoms with E-state index in [0.29, 0.717) is 6.29 Å². The lowest BCUT2D eigenvalue weighted by Crippen LogP contribution is -2.36. The summed E-state index contributed by atoms with van der Waals surface area (Å²) in [7, 11) is 0. The van der Waals surface area contributed by atoms with Gasteiger partial charge in [-0.25, -0.2) is 4.79 Å². The van der Waals surface area contributed by atoms with E-state index < -0.39 is 12.8 Å². The molecule has 0 unspecified atom stereocenters. The fraction of sp³-hybridized carbons (Fsp3) is 0.500. The second-order valence-electron chi connectivity index (χ2n) is 1.21. The van der Waals surface area contributed by atoms with Crippen molar-refractivity contribution >= 4 is 12.3 Å². The predicted molar refractivity (Wildman–Crippen MR) is 29.7 cm³/mol. The van der Waals surface area contributed by atoms with Crippen molar-refractivity contribution in [1.82, 2.24) is 10.6 Å². The first kappa shape index (κ1) is 7.90. The first-order valence-electron chi connectivity index (χ1n) is 2.37. The van der Waals surface area contributed by atoms with Crippen LogP contribution in [-0.4, -0.2) is 30.7 Å². The Balaban J connectivity index is 3.16. The summed E-state index contributed by atoms with van der Waals surface area (Å²) in [6.45, 7) is -0.462. The van der Waals surface area contributed by atoms with E-state index in [1.807, 2.05) is 5.32 Å². The number of carbonyl (C=O) groups is 2. The summed E-state index contributed by atoms with van der Waals surface area (Å²) in [5, 5.41) is 12.3. The van der Waals surface area contributed by atoms with E-state index in [9.17, 15) is 9.59 Å². The Kier molecular flexibility index (Phi) is 4.43. The average Bonchev–Trinajstić information content (AvgIpc) is 1.85. The Hall–Kier alpha value is -1.10. The average molecular weight is 132 g/mol. The van der Waals surface area contributed by atoms with Crippen LogP contribution in [0.3, 0.4) is 0 Å². The Morgan fingerprint density at radius 2 is 2.22 bits per heavy atom. The molecule has 0 atom stereocenters. The maximum atomic E-state index is 10.3. The molecule has 9 heavy (non-hydrogen) atoms. The van der Waals surface area contributed by atoms with Gasteiger partial charge < -0.3 is 20.5 Å². The molecule has 2 amide bonds. The van der Waals surface area contributed by atoms with E-state index in [0.717, 1.165) is 0 Å². The highest BCUT2D eigenvalue weighted by atomic mass is 16.3. The number of aliphatic hydroxyl groups excluding tert-OH is 1. The summed E-state index contributed by atoms with van der Waals surface area (Å²) in [5.74, 6) is 0. The number of aldehydes is 1. The summed E-state index contributed by atoms with van der Waals surface area (Å²) in [6.07, 6.45) is 0.553. The quantitative estimate of drug-likeness (QED) is 0.321. The molecule has 3 N–H and O–H groups in total. The molecule has 0 rings (SSSR count). The van der Waals surface area contributed by atoms with E-state index >= 15 is 0 Å². The van der Waals surface area contributed by atoms with Crippen molar-refractivity contribution in [3.63, 3.8) is 0 Å². The normalized spacial score (nSPS) is 8.11. The Labute approximate surface area is 52.1 Å². The van der Waals surface area contributed by atoms with Crippen LogP contribution in [0.5, 0.6) is 0 Å². The van der Waals surface area contributed by atoms with Crippen LogP contribution in [0, 0.1) is 0 Å². The van der Waals surface area contributed by atoms with E-state index in [-0.39, 0.29) is 6.54 Å². The molecule has 0 aliphatic rings. The first-order chi connectivity index (χ1) is 4.31. The summed E-state index contributed by atoms with van der Waals surface area (Å²) in [4.78, 5) is 19.9. The lowest BCUT2D eigenvalue weighted by atomic mass is 10.7. The minimum atomic E-state index is -0.551. The number of hydrogen-bond donors (Lipinski definition) is 3. The number of urea groups is 1. The van der Waals surface area contributed by atoms with Crippen LogP contribution < -0.4 is 10.6 Å². The van der Waals surface area contributed by atoms with Gasteiger partial charge >= 0.3 is 6.03 Å². The first-order valence-corrected chi connectivity index (χ1v) is 2.37. The highest BCUT2D eigenvalue weighted by molar-refractivity contribution is 5.76. The number of nitrogens with one attached hydrogen (secondary N) is 2. The summed E-state index contributed by atoms with van der Waals surface area (Å²) >= 11 is 0.